The lowest BCUT2D eigenvalue weighted by Gasteiger charge is -1.89. The number of fused-ring (bicyclic) bond motifs is 1. The van der Waals surface area contributed by atoms with E-state index in [0.29, 0.717) is 10.3 Å². The quantitative estimate of drug-likeness (QED) is 0.729. The molecule has 2 nitrogen and oxygen atoms in total. The zero-order valence-corrected chi connectivity index (χ0v) is 7.13. The standard InChI is InChI=1S/C8H5BrO2/c9-8-4-5-6(10)2-1-3-7(5)11-8/h1-4,10H. The van der Waals surface area contributed by atoms with Crippen molar-refractivity contribution in [3.8, 4) is 5.75 Å². The summed E-state index contributed by atoms with van der Waals surface area (Å²) in [7, 11) is 0. The first kappa shape index (κ1) is 6.73. The van der Waals surface area contributed by atoms with E-state index >= 15 is 0 Å². The number of aromatic hydroxyl groups is 1. The van der Waals surface area contributed by atoms with E-state index in [1.54, 1.807) is 24.3 Å². The molecule has 0 saturated heterocycles. The average Bonchev–Trinajstić information content (AvgIpc) is 2.31. The highest BCUT2D eigenvalue weighted by molar-refractivity contribution is 9.10. The Hall–Kier alpha value is -0.960. The van der Waals surface area contributed by atoms with E-state index in [9.17, 15) is 5.11 Å². The summed E-state index contributed by atoms with van der Waals surface area (Å²) in [6.07, 6.45) is 0. The third-order valence-electron chi connectivity index (χ3n) is 1.51. The molecule has 0 unspecified atom stereocenters. The van der Waals surface area contributed by atoms with E-state index in [2.05, 4.69) is 15.9 Å². The molecule has 0 aliphatic carbocycles. The number of hydrogen-bond donors (Lipinski definition) is 1. The van der Waals surface area contributed by atoms with Gasteiger partial charge >= 0.3 is 0 Å². The van der Waals surface area contributed by atoms with Gasteiger partial charge in [0.25, 0.3) is 0 Å². The molecular formula is C8H5BrO2. The van der Waals surface area contributed by atoms with Gasteiger partial charge in [-0.05, 0) is 28.1 Å². The Morgan fingerprint density at radius 3 is 2.91 bits per heavy atom. The minimum Gasteiger partial charge on any atom is -0.507 e. The summed E-state index contributed by atoms with van der Waals surface area (Å²) in [6.45, 7) is 0. The summed E-state index contributed by atoms with van der Waals surface area (Å²) in [5, 5.41) is 10.0. The molecule has 56 valence electrons. The molecule has 1 aromatic heterocycles. The van der Waals surface area contributed by atoms with Gasteiger partial charge in [0.1, 0.15) is 11.3 Å². The van der Waals surface area contributed by atoms with Gasteiger partial charge in [-0.25, -0.2) is 0 Å². The second kappa shape index (κ2) is 2.27. The minimum absolute atomic E-state index is 0.247. The van der Waals surface area contributed by atoms with E-state index in [1.807, 2.05) is 0 Å². The molecule has 0 fully saturated rings. The van der Waals surface area contributed by atoms with Crippen LogP contribution in [0, 0.1) is 0 Å². The van der Waals surface area contributed by atoms with Gasteiger partial charge in [-0.2, -0.15) is 0 Å². The lowest BCUT2D eigenvalue weighted by molar-refractivity contribution is 0.481. The molecular weight excluding hydrogens is 208 g/mol. The smallest absolute Gasteiger partial charge is 0.170 e. The fourth-order valence-electron chi connectivity index (χ4n) is 1.01. The van der Waals surface area contributed by atoms with Crippen molar-refractivity contribution in [2.24, 2.45) is 0 Å². The highest BCUT2D eigenvalue weighted by atomic mass is 79.9. The number of phenols is 1. The SMILES string of the molecule is Oc1cccc2oc(Br)cc12. The first-order chi connectivity index (χ1) is 5.27. The molecule has 1 N–H and O–H groups in total. The summed E-state index contributed by atoms with van der Waals surface area (Å²) in [6, 6.07) is 6.92. The Morgan fingerprint density at radius 1 is 1.36 bits per heavy atom. The van der Waals surface area contributed by atoms with Crippen molar-refractivity contribution in [2.75, 3.05) is 0 Å². The van der Waals surface area contributed by atoms with Crippen LogP contribution in [0.1, 0.15) is 0 Å². The zero-order chi connectivity index (χ0) is 7.84. The van der Waals surface area contributed by atoms with Gasteiger partial charge in [-0.15, -0.1) is 0 Å². The van der Waals surface area contributed by atoms with Gasteiger partial charge in [0.05, 0.1) is 5.39 Å². The van der Waals surface area contributed by atoms with Crippen LogP contribution in [-0.2, 0) is 0 Å². The maximum Gasteiger partial charge on any atom is 0.170 e. The second-order valence-corrected chi connectivity index (χ2v) is 3.02. The first-order valence-corrected chi connectivity index (χ1v) is 3.94. The largest absolute Gasteiger partial charge is 0.507 e. The van der Waals surface area contributed by atoms with Gasteiger partial charge in [-0.3, -0.25) is 0 Å². The molecule has 0 amide bonds. The molecule has 0 radical (unpaired) electrons. The Kier molecular flexibility index (Phi) is 1.39. The average molecular weight is 213 g/mol. The molecule has 0 saturated carbocycles. The zero-order valence-electron chi connectivity index (χ0n) is 5.54. The Morgan fingerprint density at radius 2 is 2.18 bits per heavy atom. The molecule has 0 aliphatic heterocycles. The van der Waals surface area contributed by atoms with Crippen molar-refractivity contribution < 1.29 is 9.52 Å². The number of furan rings is 1. The molecule has 0 spiro atoms. The fourth-order valence-corrected chi connectivity index (χ4v) is 1.42. The summed E-state index contributed by atoms with van der Waals surface area (Å²) >= 11 is 3.18. The monoisotopic (exact) mass is 212 g/mol. The van der Waals surface area contributed by atoms with Crippen LogP contribution in [0.25, 0.3) is 11.0 Å². The van der Waals surface area contributed by atoms with E-state index in [-0.39, 0.29) is 5.75 Å². The second-order valence-electron chi connectivity index (χ2n) is 2.24. The molecule has 0 bridgehead atoms. The van der Waals surface area contributed by atoms with Crippen LogP contribution >= 0.6 is 15.9 Å². The molecule has 0 aliphatic rings. The highest BCUT2D eigenvalue weighted by Gasteiger charge is 2.03. The van der Waals surface area contributed by atoms with E-state index in [1.165, 1.54) is 0 Å². The third-order valence-corrected chi connectivity index (χ3v) is 1.90. The van der Waals surface area contributed by atoms with Crippen LogP contribution in [0.4, 0.5) is 0 Å². The number of halogens is 1. The van der Waals surface area contributed by atoms with Gasteiger partial charge in [0.15, 0.2) is 4.67 Å². The molecule has 2 aromatic rings. The van der Waals surface area contributed by atoms with E-state index in [4.69, 9.17) is 4.42 Å². The van der Waals surface area contributed by atoms with Crippen LogP contribution in [0.2, 0.25) is 0 Å². The van der Waals surface area contributed by atoms with Crippen LogP contribution < -0.4 is 0 Å². The van der Waals surface area contributed by atoms with Gasteiger partial charge in [0, 0.05) is 6.07 Å². The predicted octanol–water partition coefficient (Wildman–Crippen LogP) is 2.90. The van der Waals surface area contributed by atoms with E-state index in [0.717, 1.165) is 5.39 Å². The fraction of sp³-hybridized carbons (Fsp3) is 0. The maximum atomic E-state index is 9.30. The van der Waals surface area contributed by atoms with Crippen molar-refractivity contribution in [1.29, 1.82) is 0 Å². The van der Waals surface area contributed by atoms with Crippen molar-refractivity contribution in [1.82, 2.24) is 0 Å². The molecule has 11 heavy (non-hydrogen) atoms. The summed E-state index contributed by atoms with van der Waals surface area (Å²) in [5.74, 6) is 0.247. The number of phenolic OH excluding ortho intramolecular Hbond substituents is 1. The Balaban J connectivity index is 2.90. The van der Waals surface area contributed by atoms with Gasteiger partial charge in [0.2, 0.25) is 0 Å². The van der Waals surface area contributed by atoms with Crippen LogP contribution in [0.15, 0.2) is 33.4 Å². The van der Waals surface area contributed by atoms with Gasteiger partial charge in [-0.1, -0.05) is 6.07 Å². The van der Waals surface area contributed by atoms with Crippen molar-refractivity contribution in [3.63, 3.8) is 0 Å². The number of benzene rings is 1. The predicted molar refractivity (Wildman–Crippen MR) is 45.6 cm³/mol. The Labute approximate surface area is 71.6 Å². The molecule has 0 atom stereocenters. The topological polar surface area (TPSA) is 33.4 Å². The molecule has 2 rings (SSSR count). The van der Waals surface area contributed by atoms with E-state index < -0.39 is 0 Å². The Bertz CT molecular complexity index is 392. The third kappa shape index (κ3) is 1.01. The molecule has 1 heterocycles. The lowest BCUT2D eigenvalue weighted by atomic mass is 10.2. The lowest BCUT2D eigenvalue weighted by Crippen LogP contribution is -1.63. The van der Waals surface area contributed by atoms with Gasteiger partial charge < -0.3 is 9.52 Å². The van der Waals surface area contributed by atoms with Crippen molar-refractivity contribution >= 4 is 26.9 Å². The minimum atomic E-state index is 0.247. The normalized spacial score (nSPS) is 10.6. The molecule has 3 heteroatoms. The summed E-state index contributed by atoms with van der Waals surface area (Å²) in [4.78, 5) is 0. The van der Waals surface area contributed by atoms with Crippen molar-refractivity contribution in [3.05, 3.63) is 28.9 Å². The number of rotatable bonds is 0. The van der Waals surface area contributed by atoms with Crippen LogP contribution in [-0.4, -0.2) is 5.11 Å². The highest BCUT2D eigenvalue weighted by Crippen LogP contribution is 2.29. The number of hydrogen-bond acceptors (Lipinski definition) is 2. The maximum absolute atomic E-state index is 9.30. The summed E-state index contributed by atoms with van der Waals surface area (Å²) in [5.41, 5.74) is 0.692. The first-order valence-electron chi connectivity index (χ1n) is 3.14. The van der Waals surface area contributed by atoms with Crippen LogP contribution in [0.5, 0.6) is 5.75 Å². The van der Waals surface area contributed by atoms with Crippen LogP contribution in [0.3, 0.4) is 0 Å². The molecule has 1 aromatic carbocycles. The summed E-state index contributed by atoms with van der Waals surface area (Å²) < 4.78 is 5.84. The van der Waals surface area contributed by atoms with Crippen molar-refractivity contribution in [2.45, 2.75) is 0 Å².